The molecule has 0 unspecified atom stereocenters. The molecule has 0 saturated carbocycles. The maximum Gasteiger partial charge on any atom is 0.338 e. The zero-order chi connectivity index (χ0) is 26.6. The van der Waals surface area contributed by atoms with Crippen molar-refractivity contribution in [2.75, 3.05) is 26.3 Å². The maximum atomic E-state index is 13.1. The number of amides is 1. The van der Waals surface area contributed by atoms with Gasteiger partial charge in [-0.05, 0) is 56.3 Å². The van der Waals surface area contributed by atoms with Crippen LogP contribution in [0.5, 0.6) is 0 Å². The second-order valence-electron chi connectivity index (χ2n) is 8.24. The molecule has 0 bridgehead atoms. The third-order valence-corrected chi connectivity index (χ3v) is 10.2. The predicted octanol–water partition coefficient (Wildman–Crippen LogP) is 3.03. The van der Waals surface area contributed by atoms with Crippen molar-refractivity contribution in [3.8, 4) is 0 Å². The summed E-state index contributed by atoms with van der Waals surface area (Å²) in [4.78, 5) is 42.2. The molecule has 1 aromatic carbocycles. The van der Waals surface area contributed by atoms with Gasteiger partial charge in [0, 0.05) is 19.0 Å². The molecule has 0 aliphatic carbocycles. The van der Waals surface area contributed by atoms with Crippen LogP contribution in [0.2, 0.25) is 0 Å². The van der Waals surface area contributed by atoms with Gasteiger partial charge in [0.25, 0.3) is 15.9 Å². The summed E-state index contributed by atoms with van der Waals surface area (Å²) in [5.74, 6) is -1.75. The van der Waals surface area contributed by atoms with E-state index in [2.05, 4.69) is 4.99 Å². The highest BCUT2D eigenvalue weighted by atomic mass is 32.2. The van der Waals surface area contributed by atoms with Gasteiger partial charge < -0.3 is 14.0 Å². The van der Waals surface area contributed by atoms with Crippen LogP contribution in [-0.4, -0.2) is 61.4 Å². The van der Waals surface area contributed by atoms with Crippen molar-refractivity contribution in [1.29, 1.82) is 0 Å². The molecule has 0 radical (unpaired) electrons. The number of piperidine rings is 1. The van der Waals surface area contributed by atoms with Gasteiger partial charge in [0.05, 0.1) is 29.0 Å². The number of aromatic nitrogens is 1. The fourth-order valence-corrected chi connectivity index (χ4v) is 7.74. The molecule has 0 atom stereocenters. The minimum atomic E-state index is -3.57. The Morgan fingerprint density at radius 1 is 1.08 bits per heavy atom. The average molecular weight is 566 g/mol. The van der Waals surface area contributed by atoms with Crippen molar-refractivity contribution in [1.82, 2.24) is 8.87 Å². The first-order valence-electron chi connectivity index (χ1n) is 11.8. The molecule has 4 rings (SSSR count). The normalized spacial score (nSPS) is 15.7. The first-order chi connectivity index (χ1) is 17.7. The number of nitrogens with zero attached hydrogens (tertiary/aromatic N) is 3. The highest BCUT2D eigenvalue weighted by molar-refractivity contribution is 7.91. The Labute approximate surface area is 222 Å². The van der Waals surface area contributed by atoms with Crippen LogP contribution in [0.3, 0.4) is 0 Å². The van der Waals surface area contributed by atoms with Gasteiger partial charge in [0.2, 0.25) is 0 Å². The smallest absolute Gasteiger partial charge is 0.338 e. The van der Waals surface area contributed by atoms with Crippen LogP contribution in [0.15, 0.2) is 44.9 Å². The van der Waals surface area contributed by atoms with Crippen molar-refractivity contribution in [3.63, 3.8) is 0 Å². The monoisotopic (exact) mass is 565 g/mol. The topological polar surface area (TPSA) is 124 Å². The van der Waals surface area contributed by atoms with E-state index in [1.54, 1.807) is 54.1 Å². The van der Waals surface area contributed by atoms with Crippen LogP contribution in [0.4, 0.5) is 0 Å². The van der Waals surface area contributed by atoms with Crippen LogP contribution >= 0.6 is 22.7 Å². The molecule has 10 nitrogen and oxygen atoms in total. The number of carbonyl (C=O) groups excluding carboxylic acids is 3. The summed E-state index contributed by atoms with van der Waals surface area (Å²) in [6.07, 6.45) is 0.700. The lowest BCUT2D eigenvalue weighted by Crippen LogP contribution is -2.40. The number of thiazole rings is 1. The molecular weight excluding hydrogens is 538 g/mol. The molecule has 1 amide bonds. The van der Waals surface area contributed by atoms with E-state index in [1.807, 2.05) is 0 Å². The summed E-state index contributed by atoms with van der Waals surface area (Å²) < 4.78 is 39.7. The molecule has 13 heteroatoms. The summed E-state index contributed by atoms with van der Waals surface area (Å²) in [6, 6.07) is 8.21. The van der Waals surface area contributed by atoms with Gasteiger partial charge in [0.1, 0.15) is 10.8 Å². The van der Waals surface area contributed by atoms with Crippen molar-refractivity contribution < 1.29 is 32.3 Å². The predicted molar refractivity (Wildman–Crippen MR) is 139 cm³/mol. The molecule has 2 aromatic heterocycles. The van der Waals surface area contributed by atoms with Gasteiger partial charge in [-0.15, -0.1) is 11.3 Å². The largest absolute Gasteiger partial charge is 0.465 e. The van der Waals surface area contributed by atoms with Crippen molar-refractivity contribution >= 4 is 60.8 Å². The maximum absolute atomic E-state index is 13.1. The fourth-order valence-electron chi connectivity index (χ4n) is 4.05. The summed E-state index contributed by atoms with van der Waals surface area (Å²) in [7, 11) is -3.57. The number of hydrogen-bond donors (Lipinski definition) is 0. The van der Waals surface area contributed by atoms with Crippen LogP contribution in [-0.2, 0) is 35.6 Å². The number of carbonyl (C=O) groups is 3. The van der Waals surface area contributed by atoms with Gasteiger partial charge in [-0.1, -0.05) is 17.4 Å². The number of hydrogen-bond acceptors (Lipinski definition) is 9. The van der Waals surface area contributed by atoms with E-state index in [0.717, 1.165) is 0 Å². The molecule has 1 aliphatic rings. The number of benzene rings is 1. The van der Waals surface area contributed by atoms with Crippen LogP contribution in [0.25, 0.3) is 10.2 Å². The molecule has 3 aromatic rings. The Kier molecular flexibility index (Phi) is 8.57. The Balaban J connectivity index is 1.59. The SMILES string of the molecule is CCOC(=O)Cn1c(=NC(=O)C2CCN(S(=O)(=O)c3cccs3)CC2)sc2cc(C(=O)OCC)ccc21. The van der Waals surface area contributed by atoms with Crippen LogP contribution in [0.1, 0.15) is 37.0 Å². The number of sulfonamides is 1. The number of rotatable bonds is 8. The Morgan fingerprint density at radius 3 is 2.46 bits per heavy atom. The number of fused-ring (bicyclic) bond motifs is 1. The zero-order valence-electron chi connectivity index (χ0n) is 20.4. The molecule has 198 valence electrons. The van der Waals surface area contributed by atoms with E-state index < -0.39 is 27.9 Å². The zero-order valence-corrected chi connectivity index (χ0v) is 22.9. The van der Waals surface area contributed by atoms with Crippen molar-refractivity contribution in [2.24, 2.45) is 10.9 Å². The second-order valence-corrected chi connectivity index (χ2v) is 12.4. The van der Waals surface area contributed by atoms with Gasteiger partial charge >= 0.3 is 11.9 Å². The Hall–Kier alpha value is -2.87. The summed E-state index contributed by atoms with van der Waals surface area (Å²) in [5, 5.41) is 1.72. The Morgan fingerprint density at radius 2 is 1.81 bits per heavy atom. The molecule has 3 heterocycles. The third-order valence-electron chi connectivity index (χ3n) is 5.88. The fraction of sp³-hybridized carbons (Fsp3) is 0.417. The lowest BCUT2D eigenvalue weighted by Gasteiger charge is -2.29. The van der Waals surface area contributed by atoms with Gasteiger partial charge in [-0.3, -0.25) is 9.59 Å². The van der Waals surface area contributed by atoms with Crippen molar-refractivity contribution in [2.45, 2.75) is 37.4 Å². The lowest BCUT2D eigenvalue weighted by atomic mass is 9.98. The van der Waals surface area contributed by atoms with Crippen molar-refractivity contribution in [3.05, 3.63) is 46.1 Å². The first-order valence-corrected chi connectivity index (χ1v) is 15.0. The van der Waals surface area contributed by atoms with E-state index >= 15 is 0 Å². The Bertz CT molecular complexity index is 1460. The van der Waals surface area contributed by atoms with E-state index in [9.17, 15) is 22.8 Å². The van der Waals surface area contributed by atoms with E-state index in [0.29, 0.717) is 33.4 Å². The van der Waals surface area contributed by atoms with Gasteiger partial charge in [-0.2, -0.15) is 9.30 Å². The van der Waals surface area contributed by atoms with Gasteiger partial charge in [-0.25, -0.2) is 13.2 Å². The highest BCUT2D eigenvalue weighted by Crippen LogP contribution is 2.27. The first kappa shape index (κ1) is 27.2. The lowest BCUT2D eigenvalue weighted by molar-refractivity contribution is -0.143. The molecule has 0 spiro atoms. The molecule has 1 aliphatic heterocycles. The molecule has 37 heavy (non-hydrogen) atoms. The molecule has 0 N–H and O–H groups in total. The second kappa shape index (κ2) is 11.7. The number of esters is 2. The quantitative estimate of drug-likeness (QED) is 0.385. The van der Waals surface area contributed by atoms with Crippen LogP contribution in [0, 0.1) is 5.92 Å². The standard InChI is InChI=1S/C24H27N3O7S3/c1-3-33-20(28)15-27-18-8-7-17(23(30)34-4-2)14-19(18)36-24(27)25-22(29)16-9-11-26(12-10-16)37(31,32)21-6-5-13-35-21/h5-8,13-14,16H,3-4,9-12,15H2,1-2H3. The average Bonchev–Trinajstić information content (AvgIpc) is 3.53. The third kappa shape index (κ3) is 6.00. The van der Waals surface area contributed by atoms with Gasteiger partial charge in [0.15, 0.2) is 4.80 Å². The van der Waals surface area contributed by atoms with E-state index in [-0.39, 0.29) is 43.0 Å². The minimum absolute atomic E-state index is 0.143. The number of ether oxygens (including phenoxy) is 2. The number of thiophene rings is 1. The summed E-state index contributed by atoms with van der Waals surface area (Å²) >= 11 is 2.35. The highest BCUT2D eigenvalue weighted by Gasteiger charge is 2.32. The molecular formula is C24H27N3O7S3. The van der Waals surface area contributed by atoms with E-state index in [1.165, 1.54) is 27.0 Å². The molecule has 1 fully saturated rings. The summed E-state index contributed by atoms with van der Waals surface area (Å²) in [6.45, 7) is 4.20. The van der Waals surface area contributed by atoms with E-state index in [4.69, 9.17) is 9.47 Å². The minimum Gasteiger partial charge on any atom is -0.465 e. The molecule has 1 saturated heterocycles. The van der Waals surface area contributed by atoms with Crippen LogP contribution < -0.4 is 4.80 Å². The summed E-state index contributed by atoms with van der Waals surface area (Å²) in [5.41, 5.74) is 0.991.